The van der Waals surface area contributed by atoms with Gasteiger partial charge in [0.1, 0.15) is 6.04 Å². The summed E-state index contributed by atoms with van der Waals surface area (Å²) in [6.45, 7) is 5.68. The third kappa shape index (κ3) is 31.2. The first-order valence-electron chi connectivity index (χ1n) is 18.3. The summed E-state index contributed by atoms with van der Waals surface area (Å²) in [5.74, 6) is -0.219. The Balaban J connectivity index is 4.05. The minimum Gasteiger partial charge on any atom is -0.370 e. The molecule has 7 nitrogen and oxygen atoms in total. The SMILES string of the molecule is CCCCCCCC/C=C/CCCCCCCC(=O)N[C@@H](CCCNC(=N)N)C(=O)NCCCCCCCCCCCC. The van der Waals surface area contributed by atoms with Gasteiger partial charge in [-0.25, -0.2) is 0 Å². The van der Waals surface area contributed by atoms with E-state index in [9.17, 15) is 9.59 Å². The molecule has 0 aromatic heterocycles. The summed E-state index contributed by atoms with van der Waals surface area (Å²) in [4.78, 5) is 25.5. The molecule has 252 valence electrons. The van der Waals surface area contributed by atoms with Gasteiger partial charge in [-0.15, -0.1) is 0 Å². The number of unbranched alkanes of at least 4 members (excludes halogenated alkanes) is 20. The maximum atomic E-state index is 12.9. The van der Waals surface area contributed by atoms with E-state index in [-0.39, 0.29) is 17.8 Å². The molecule has 1 atom stereocenters. The Kier molecular flexibility index (Phi) is 31.3. The van der Waals surface area contributed by atoms with Crippen molar-refractivity contribution in [2.75, 3.05) is 13.1 Å². The maximum Gasteiger partial charge on any atom is 0.242 e. The van der Waals surface area contributed by atoms with E-state index in [0.717, 1.165) is 38.5 Å². The van der Waals surface area contributed by atoms with E-state index in [0.29, 0.717) is 32.4 Å². The standard InChI is InChI=1S/C36H71N5O2/c1-3-5-7-9-11-13-15-16-17-18-19-20-22-24-26-30-34(42)41-33(29-28-32-40-36(37)38)35(43)39-31-27-25-23-21-14-12-10-8-6-4-2/h16-17,33H,3-15,18-32H2,1-2H3,(H,39,43)(H,41,42)(H4,37,38,40)/b17-16+/t33-/m0/s1. The van der Waals surface area contributed by atoms with Crippen LogP contribution in [0.1, 0.15) is 181 Å². The predicted molar refractivity (Wildman–Crippen MR) is 185 cm³/mol. The Morgan fingerprint density at radius 1 is 0.605 bits per heavy atom. The average Bonchev–Trinajstić information content (AvgIpc) is 2.99. The van der Waals surface area contributed by atoms with Gasteiger partial charge in [-0.1, -0.05) is 135 Å². The van der Waals surface area contributed by atoms with Gasteiger partial charge in [0.25, 0.3) is 0 Å². The Bertz CT molecular complexity index is 683. The third-order valence-corrected chi connectivity index (χ3v) is 8.13. The van der Waals surface area contributed by atoms with Crippen LogP contribution >= 0.6 is 0 Å². The summed E-state index contributed by atoms with van der Waals surface area (Å²) in [7, 11) is 0. The van der Waals surface area contributed by atoms with Crippen LogP contribution in [0.25, 0.3) is 0 Å². The first kappa shape index (κ1) is 41.0. The molecule has 0 saturated heterocycles. The lowest BCUT2D eigenvalue weighted by atomic mass is 10.1. The number of hydrogen-bond acceptors (Lipinski definition) is 3. The van der Waals surface area contributed by atoms with E-state index < -0.39 is 6.04 Å². The number of nitrogens with two attached hydrogens (primary N) is 1. The second kappa shape index (κ2) is 32.9. The van der Waals surface area contributed by atoms with Crippen LogP contribution in [0.5, 0.6) is 0 Å². The zero-order chi connectivity index (χ0) is 31.6. The van der Waals surface area contributed by atoms with Crippen LogP contribution < -0.4 is 21.7 Å². The van der Waals surface area contributed by atoms with Crippen molar-refractivity contribution < 1.29 is 9.59 Å². The average molecular weight is 606 g/mol. The van der Waals surface area contributed by atoms with E-state index in [4.69, 9.17) is 11.1 Å². The molecule has 0 saturated carbocycles. The van der Waals surface area contributed by atoms with Crippen LogP contribution in [-0.2, 0) is 9.59 Å². The highest BCUT2D eigenvalue weighted by molar-refractivity contribution is 5.87. The van der Waals surface area contributed by atoms with Gasteiger partial charge in [0, 0.05) is 19.5 Å². The van der Waals surface area contributed by atoms with E-state index in [1.807, 2.05) is 0 Å². The largest absolute Gasteiger partial charge is 0.370 e. The highest BCUT2D eigenvalue weighted by Crippen LogP contribution is 2.12. The smallest absolute Gasteiger partial charge is 0.242 e. The van der Waals surface area contributed by atoms with E-state index in [1.54, 1.807) is 0 Å². The predicted octanol–water partition coefficient (Wildman–Crippen LogP) is 8.81. The summed E-state index contributed by atoms with van der Waals surface area (Å²) < 4.78 is 0. The molecule has 0 aliphatic carbocycles. The van der Waals surface area contributed by atoms with Gasteiger partial charge < -0.3 is 21.7 Å². The van der Waals surface area contributed by atoms with Crippen LogP contribution in [0.2, 0.25) is 0 Å². The number of hydrogen-bond donors (Lipinski definition) is 5. The fraction of sp³-hybridized carbons (Fsp3) is 0.861. The summed E-state index contributed by atoms with van der Waals surface area (Å²) in [6, 6.07) is -0.535. The lowest BCUT2D eigenvalue weighted by Gasteiger charge is -2.19. The highest BCUT2D eigenvalue weighted by atomic mass is 16.2. The number of guanidine groups is 1. The molecule has 0 aromatic rings. The number of carbonyl (C=O) groups is 2. The minimum absolute atomic E-state index is 0.0451. The molecule has 6 N–H and O–H groups in total. The fourth-order valence-corrected chi connectivity index (χ4v) is 5.37. The molecule has 7 heteroatoms. The Labute approximate surface area is 266 Å². The van der Waals surface area contributed by atoms with Crippen LogP contribution in [-0.4, -0.2) is 36.9 Å². The molecule has 0 aliphatic heterocycles. The van der Waals surface area contributed by atoms with E-state index in [1.165, 1.54) is 109 Å². The normalized spacial score (nSPS) is 12.0. The number of nitrogens with one attached hydrogen (secondary N) is 4. The Morgan fingerprint density at radius 3 is 1.56 bits per heavy atom. The summed E-state index contributed by atoms with van der Waals surface area (Å²) in [5, 5.41) is 16.1. The Morgan fingerprint density at radius 2 is 1.05 bits per heavy atom. The summed E-state index contributed by atoms with van der Waals surface area (Å²) in [5.41, 5.74) is 5.37. The van der Waals surface area contributed by atoms with Gasteiger partial charge >= 0.3 is 0 Å². The molecule has 0 rings (SSSR count). The van der Waals surface area contributed by atoms with Crippen LogP contribution in [0, 0.1) is 5.41 Å². The minimum atomic E-state index is -0.535. The molecule has 0 bridgehead atoms. The Hall–Kier alpha value is -2.05. The highest BCUT2D eigenvalue weighted by Gasteiger charge is 2.20. The summed E-state index contributed by atoms with van der Waals surface area (Å²) >= 11 is 0. The molecule has 43 heavy (non-hydrogen) atoms. The molecule has 0 radical (unpaired) electrons. The van der Waals surface area contributed by atoms with Crippen molar-refractivity contribution in [3.05, 3.63) is 12.2 Å². The quantitative estimate of drug-likeness (QED) is 0.0228. The van der Waals surface area contributed by atoms with Gasteiger partial charge in [0.2, 0.25) is 11.8 Å². The van der Waals surface area contributed by atoms with Crippen molar-refractivity contribution >= 4 is 17.8 Å². The fourth-order valence-electron chi connectivity index (χ4n) is 5.37. The van der Waals surface area contributed by atoms with Crippen LogP contribution in [0.15, 0.2) is 12.2 Å². The molecule has 0 heterocycles. The zero-order valence-electron chi connectivity index (χ0n) is 28.4. The summed E-state index contributed by atoms with van der Waals surface area (Å²) in [6.07, 6.45) is 35.0. The van der Waals surface area contributed by atoms with E-state index in [2.05, 4.69) is 41.9 Å². The van der Waals surface area contributed by atoms with Gasteiger partial charge in [0.15, 0.2) is 5.96 Å². The van der Waals surface area contributed by atoms with Crippen molar-refractivity contribution in [1.82, 2.24) is 16.0 Å². The molecular weight excluding hydrogens is 534 g/mol. The molecule has 0 aliphatic rings. The van der Waals surface area contributed by atoms with Gasteiger partial charge in [-0.2, -0.15) is 0 Å². The first-order valence-corrected chi connectivity index (χ1v) is 18.3. The third-order valence-electron chi connectivity index (χ3n) is 8.13. The number of allylic oxidation sites excluding steroid dienone is 2. The topological polar surface area (TPSA) is 120 Å². The molecule has 0 spiro atoms. The molecule has 0 unspecified atom stereocenters. The van der Waals surface area contributed by atoms with Crippen molar-refractivity contribution in [2.45, 2.75) is 187 Å². The monoisotopic (exact) mass is 606 g/mol. The van der Waals surface area contributed by atoms with Crippen molar-refractivity contribution in [1.29, 1.82) is 5.41 Å². The van der Waals surface area contributed by atoms with Gasteiger partial charge in [-0.05, 0) is 51.4 Å². The first-order chi connectivity index (χ1) is 21.0. The molecular formula is C36H71N5O2. The number of amides is 2. The lowest BCUT2D eigenvalue weighted by Crippen LogP contribution is -2.47. The maximum absolute atomic E-state index is 12.9. The second-order valence-corrected chi connectivity index (χ2v) is 12.4. The van der Waals surface area contributed by atoms with Crippen molar-refractivity contribution in [2.24, 2.45) is 5.73 Å². The van der Waals surface area contributed by atoms with Gasteiger partial charge in [0.05, 0.1) is 0 Å². The zero-order valence-corrected chi connectivity index (χ0v) is 28.4. The van der Waals surface area contributed by atoms with Gasteiger partial charge in [-0.3, -0.25) is 15.0 Å². The molecule has 0 aromatic carbocycles. The van der Waals surface area contributed by atoms with E-state index >= 15 is 0 Å². The van der Waals surface area contributed by atoms with Crippen molar-refractivity contribution in [3.63, 3.8) is 0 Å². The molecule has 0 fully saturated rings. The number of rotatable bonds is 32. The molecule has 2 amide bonds. The lowest BCUT2D eigenvalue weighted by molar-refractivity contribution is -0.129. The second-order valence-electron chi connectivity index (χ2n) is 12.4. The van der Waals surface area contributed by atoms with Crippen LogP contribution in [0.4, 0.5) is 0 Å². The van der Waals surface area contributed by atoms with Crippen LogP contribution in [0.3, 0.4) is 0 Å². The van der Waals surface area contributed by atoms with Crippen molar-refractivity contribution in [3.8, 4) is 0 Å². The number of carbonyl (C=O) groups excluding carboxylic acids is 2.